The Kier molecular flexibility index (Phi) is 1.46. The minimum atomic E-state index is -5.90. The zero-order chi connectivity index (χ0) is 14.4. The summed E-state index contributed by atoms with van der Waals surface area (Å²) in [4.78, 5) is 11.9. The summed E-state index contributed by atoms with van der Waals surface area (Å²) >= 11 is 0. The predicted octanol–water partition coefficient (Wildman–Crippen LogP) is 1.92. The number of fused-ring (bicyclic) bond motifs is 3. The molecule has 6 atom stereocenters. The van der Waals surface area contributed by atoms with Crippen molar-refractivity contribution < 1.29 is 36.2 Å². The van der Waals surface area contributed by atoms with Crippen LogP contribution in [0.25, 0.3) is 0 Å². The minimum absolute atomic E-state index is 0.0283. The van der Waals surface area contributed by atoms with Gasteiger partial charge in [-0.25, -0.2) is 0 Å². The van der Waals surface area contributed by atoms with Crippen LogP contribution in [0.5, 0.6) is 0 Å². The summed E-state index contributed by atoms with van der Waals surface area (Å²) in [6.45, 7) is 1.42. The van der Waals surface area contributed by atoms with Crippen LogP contribution in [0.4, 0.5) is 26.3 Å². The van der Waals surface area contributed by atoms with Crippen LogP contribution < -0.4 is 0 Å². The lowest BCUT2D eigenvalue weighted by atomic mass is 9.71. The molecule has 0 saturated heterocycles. The van der Waals surface area contributed by atoms with Gasteiger partial charge in [-0.1, -0.05) is 6.92 Å². The van der Waals surface area contributed by atoms with Gasteiger partial charge in [-0.2, -0.15) is 26.3 Å². The van der Waals surface area contributed by atoms with E-state index in [1.807, 2.05) is 0 Å². The van der Waals surface area contributed by atoms with E-state index in [9.17, 15) is 36.2 Å². The topological polar surface area (TPSA) is 37.3 Å². The van der Waals surface area contributed by atoms with Gasteiger partial charge in [0.1, 0.15) is 5.78 Å². The van der Waals surface area contributed by atoms with Gasteiger partial charge in [0.15, 0.2) is 0 Å². The van der Waals surface area contributed by atoms with Gasteiger partial charge in [0, 0.05) is 5.41 Å². The molecule has 1 N–H and O–H groups in total. The van der Waals surface area contributed by atoms with Crippen LogP contribution in [0.15, 0.2) is 0 Å². The van der Waals surface area contributed by atoms with Crippen molar-refractivity contribution in [3.05, 3.63) is 0 Å². The summed E-state index contributed by atoms with van der Waals surface area (Å²) in [5.74, 6) is -4.63. The van der Waals surface area contributed by atoms with Crippen molar-refractivity contribution in [3.8, 4) is 0 Å². The molecule has 4 rings (SSSR count). The maximum atomic E-state index is 12.8. The second-order valence-electron chi connectivity index (χ2n) is 6.27. The van der Waals surface area contributed by atoms with Crippen LogP contribution in [0.2, 0.25) is 0 Å². The summed E-state index contributed by atoms with van der Waals surface area (Å²) in [7, 11) is 0. The second kappa shape index (κ2) is 2.31. The molecule has 106 valence electrons. The van der Waals surface area contributed by atoms with Crippen LogP contribution >= 0.6 is 0 Å². The Labute approximate surface area is 102 Å². The fourth-order valence-corrected chi connectivity index (χ4v) is 5.16. The number of alkyl halides is 6. The molecule has 4 fully saturated rings. The Bertz CT molecular complexity index is 522. The summed E-state index contributed by atoms with van der Waals surface area (Å²) in [6.07, 6.45) is -11.8. The molecular formula is C11H8F6O2. The van der Waals surface area contributed by atoms with Crippen molar-refractivity contribution in [2.24, 2.45) is 34.5 Å². The third-order valence-corrected chi connectivity index (χ3v) is 6.05. The molecule has 0 aromatic heterocycles. The van der Waals surface area contributed by atoms with Gasteiger partial charge >= 0.3 is 12.4 Å². The van der Waals surface area contributed by atoms with E-state index in [4.69, 9.17) is 0 Å². The molecule has 1 spiro atoms. The number of aliphatic hydroxyl groups is 1. The number of Topliss-reactive ketones (excluding diaryl/α,β-unsaturated/α-hetero) is 1. The number of ketones is 1. The van der Waals surface area contributed by atoms with Gasteiger partial charge in [-0.15, -0.1) is 0 Å². The van der Waals surface area contributed by atoms with Gasteiger partial charge in [0.2, 0.25) is 0 Å². The van der Waals surface area contributed by atoms with Crippen LogP contribution in [-0.4, -0.2) is 28.8 Å². The maximum absolute atomic E-state index is 12.8. The third-order valence-electron chi connectivity index (χ3n) is 6.05. The number of hydrogen-bond donors (Lipinski definition) is 1. The lowest BCUT2D eigenvalue weighted by molar-refractivity contribution is -0.383. The summed E-state index contributed by atoms with van der Waals surface area (Å²) in [5, 5.41) is 9.34. The summed E-state index contributed by atoms with van der Waals surface area (Å²) in [5.41, 5.74) is -6.58. The van der Waals surface area contributed by atoms with E-state index >= 15 is 0 Å². The molecular weight excluding hydrogens is 278 g/mol. The van der Waals surface area contributed by atoms with Gasteiger partial charge in [-0.05, 0) is 23.2 Å². The third kappa shape index (κ3) is 0.764. The predicted molar refractivity (Wildman–Crippen MR) is 46.6 cm³/mol. The molecule has 19 heavy (non-hydrogen) atoms. The van der Waals surface area contributed by atoms with Crippen molar-refractivity contribution in [3.63, 3.8) is 0 Å². The first-order chi connectivity index (χ1) is 8.39. The molecule has 4 saturated carbocycles. The van der Waals surface area contributed by atoms with E-state index in [1.165, 1.54) is 6.92 Å². The number of rotatable bonds is 1. The van der Waals surface area contributed by atoms with E-state index in [1.54, 1.807) is 0 Å². The Balaban J connectivity index is 1.81. The molecule has 4 aliphatic rings. The maximum Gasteiger partial charge on any atom is 0.427 e. The molecule has 0 amide bonds. The molecule has 0 heterocycles. The fraction of sp³-hybridized carbons (Fsp3) is 0.909. The lowest BCUT2D eigenvalue weighted by Gasteiger charge is -2.40. The van der Waals surface area contributed by atoms with Crippen molar-refractivity contribution >= 4 is 5.78 Å². The molecule has 0 aliphatic heterocycles. The molecule has 0 aromatic carbocycles. The first-order valence-corrected chi connectivity index (χ1v) is 5.79. The van der Waals surface area contributed by atoms with Gasteiger partial charge in [0.05, 0.1) is 5.92 Å². The van der Waals surface area contributed by atoms with E-state index in [0.717, 1.165) is 0 Å². The molecule has 0 aromatic rings. The number of hydrogen-bond acceptors (Lipinski definition) is 2. The van der Waals surface area contributed by atoms with Crippen LogP contribution in [0.3, 0.4) is 0 Å². The summed E-state index contributed by atoms with van der Waals surface area (Å²) in [6, 6.07) is 0. The average molecular weight is 286 g/mol. The molecule has 6 unspecified atom stereocenters. The second-order valence-corrected chi connectivity index (χ2v) is 6.27. The highest BCUT2D eigenvalue weighted by Gasteiger charge is 3.16. The van der Waals surface area contributed by atoms with Crippen molar-refractivity contribution in [2.45, 2.75) is 24.9 Å². The number of carbonyl (C=O) groups excluding carboxylic acids is 1. The monoisotopic (exact) mass is 286 g/mol. The molecule has 0 radical (unpaired) electrons. The highest BCUT2D eigenvalue weighted by molar-refractivity contribution is 6.04. The Morgan fingerprint density at radius 2 is 1.53 bits per heavy atom. The molecule has 4 aliphatic carbocycles. The molecule has 0 bridgehead atoms. The number of halogens is 6. The Morgan fingerprint density at radius 1 is 1.05 bits per heavy atom. The van der Waals surface area contributed by atoms with Crippen molar-refractivity contribution in [1.82, 2.24) is 0 Å². The van der Waals surface area contributed by atoms with Crippen molar-refractivity contribution in [1.29, 1.82) is 0 Å². The van der Waals surface area contributed by atoms with E-state index in [-0.39, 0.29) is 11.8 Å². The molecule has 2 nitrogen and oxygen atoms in total. The van der Waals surface area contributed by atoms with Gasteiger partial charge < -0.3 is 5.11 Å². The quantitative estimate of drug-likeness (QED) is 0.748. The van der Waals surface area contributed by atoms with E-state index in [2.05, 4.69) is 0 Å². The highest BCUT2D eigenvalue weighted by Crippen LogP contribution is 3.13. The SMILES string of the molecule is CC12C(=O)C(C(O)(C(F)(F)F)C(F)(F)F)C3C4C1C432. The minimum Gasteiger partial charge on any atom is -0.373 e. The van der Waals surface area contributed by atoms with E-state index < -0.39 is 46.4 Å². The standard InChI is InChI=1S/C11H8F6O2/c1-7-5-3-2(8(3,5)7)4(6(7)18)9(19,10(12,13)14)11(15,16)17/h2-5,19H,1H3. The first-order valence-electron chi connectivity index (χ1n) is 5.79. The molecule has 8 heteroatoms. The number of carbonyl (C=O) groups is 1. The highest BCUT2D eigenvalue weighted by atomic mass is 19.4. The Morgan fingerprint density at radius 3 is 1.84 bits per heavy atom. The Hall–Kier alpha value is -0.790. The smallest absolute Gasteiger partial charge is 0.373 e. The van der Waals surface area contributed by atoms with Crippen molar-refractivity contribution in [2.75, 3.05) is 0 Å². The van der Waals surface area contributed by atoms with E-state index in [0.29, 0.717) is 0 Å². The fourth-order valence-electron chi connectivity index (χ4n) is 5.16. The van der Waals surface area contributed by atoms with Crippen LogP contribution in [0, 0.1) is 34.5 Å². The largest absolute Gasteiger partial charge is 0.427 e. The zero-order valence-electron chi connectivity index (χ0n) is 9.43. The average Bonchev–Trinajstić information content (AvgIpc) is 3.07. The first kappa shape index (κ1) is 12.0. The zero-order valence-corrected chi connectivity index (χ0v) is 9.43. The van der Waals surface area contributed by atoms with Crippen LogP contribution in [-0.2, 0) is 4.79 Å². The van der Waals surface area contributed by atoms with Gasteiger partial charge in [0.25, 0.3) is 5.60 Å². The summed E-state index contributed by atoms with van der Waals surface area (Å²) < 4.78 is 76.6. The lowest BCUT2D eigenvalue weighted by Crippen LogP contribution is -2.65. The van der Waals surface area contributed by atoms with Gasteiger partial charge in [-0.3, -0.25) is 4.79 Å². The normalized spacial score (nSPS) is 53.8. The van der Waals surface area contributed by atoms with Crippen LogP contribution in [0.1, 0.15) is 6.92 Å².